The number of benzene rings is 2. The number of rotatable bonds is 5. The second-order valence-corrected chi connectivity index (χ2v) is 6.85. The fourth-order valence-corrected chi connectivity index (χ4v) is 3.51. The molecule has 0 amide bonds. The highest BCUT2D eigenvalue weighted by Gasteiger charge is 2.13. The molecule has 0 aliphatic heterocycles. The summed E-state index contributed by atoms with van der Waals surface area (Å²) in [5, 5.41) is 6.04. The molecule has 26 heavy (non-hydrogen) atoms. The van der Waals surface area contributed by atoms with Gasteiger partial charge >= 0.3 is 0 Å². The molecular weight excluding hydrogens is 344 g/mol. The van der Waals surface area contributed by atoms with Gasteiger partial charge in [-0.15, -0.1) is 0 Å². The Kier molecular flexibility index (Phi) is 4.50. The molecule has 0 aliphatic rings. The molecule has 0 aliphatic carbocycles. The van der Waals surface area contributed by atoms with Crippen molar-refractivity contribution in [2.24, 2.45) is 0 Å². The Hall–Kier alpha value is -2.99. The Morgan fingerprint density at radius 2 is 1.81 bits per heavy atom. The normalized spacial score (nSPS) is 11.0. The van der Waals surface area contributed by atoms with Crippen LogP contribution in [0.2, 0.25) is 0 Å². The van der Waals surface area contributed by atoms with Crippen LogP contribution in [-0.4, -0.2) is 31.3 Å². The smallest absolute Gasteiger partial charge is 0.173 e. The standard InChI is InChI=1S/C20H16N4OS/c1-14-7-9-15(10-8-14)18(25)12-26-20-17-11-23-24(19(17)21-13-22-20)16-5-3-2-4-6-16/h2-11,13H,12H2,1H3. The lowest BCUT2D eigenvalue weighted by atomic mass is 10.1. The van der Waals surface area contributed by atoms with Crippen LogP contribution in [0.5, 0.6) is 0 Å². The molecule has 2 aromatic heterocycles. The number of fused-ring (bicyclic) bond motifs is 1. The van der Waals surface area contributed by atoms with Gasteiger partial charge in [0.05, 0.1) is 23.0 Å². The third-order valence-corrected chi connectivity index (χ3v) is 5.05. The number of aromatic nitrogens is 4. The molecule has 0 atom stereocenters. The second-order valence-electron chi connectivity index (χ2n) is 5.89. The molecule has 6 heteroatoms. The summed E-state index contributed by atoms with van der Waals surface area (Å²) < 4.78 is 1.78. The first kappa shape index (κ1) is 16.5. The van der Waals surface area contributed by atoms with E-state index in [2.05, 4.69) is 15.1 Å². The molecule has 0 radical (unpaired) electrons. The van der Waals surface area contributed by atoms with Gasteiger partial charge in [-0.05, 0) is 19.1 Å². The Balaban J connectivity index is 1.58. The van der Waals surface area contributed by atoms with Crippen LogP contribution in [0, 0.1) is 6.92 Å². The third-order valence-electron chi connectivity index (χ3n) is 4.04. The lowest BCUT2D eigenvalue weighted by Crippen LogP contribution is -2.03. The van der Waals surface area contributed by atoms with Crippen molar-refractivity contribution >= 4 is 28.6 Å². The summed E-state index contributed by atoms with van der Waals surface area (Å²) >= 11 is 1.41. The number of carbonyl (C=O) groups excluding carboxylic acids is 1. The number of para-hydroxylation sites is 1. The Labute approximate surface area is 155 Å². The van der Waals surface area contributed by atoms with Crippen molar-refractivity contribution in [1.29, 1.82) is 0 Å². The van der Waals surface area contributed by atoms with Crippen LogP contribution in [-0.2, 0) is 0 Å². The second kappa shape index (κ2) is 7.09. The quantitative estimate of drug-likeness (QED) is 0.305. The summed E-state index contributed by atoms with van der Waals surface area (Å²) in [7, 11) is 0. The summed E-state index contributed by atoms with van der Waals surface area (Å²) in [6, 6.07) is 17.4. The highest BCUT2D eigenvalue weighted by atomic mass is 32.2. The van der Waals surface area contributed by atoms with Gasteiger partial charge in [0.1, 0.15) is 11.4 Å². The van der Waals surface area contributed by atoms with Crippen molar-refractivity contribution in [1.82, 2.24) is 19.7 Å². The molecule has 0 unspecified atom stereocenters. The third kappa shape index (κ3) is 3.23. The van der Waals surface area contributed by atoms with E-state index >= 15 is 0 Å². The number of carbonyl (C=O) groups is 1. The Morgan fingerprint density at radius 3 is 2.58 bits per heavy atom. The van der Waals surface area contributed by atoms with E-state index in [1.807, 2.05) is 61.5 Å². The molecule has 0 saturated carbocycles. The van der Waals surface area contributed by atoms with Gasteiger partial charge in [-0.25, -0.2) is 14.6 Å². The lowest BCUT2D eigenvalue weighted by Gasteiger charge is -2.04. The summed E-state index contributed by atoms with van der Waals surface area (Å²) in [5.41, 5.74) is 3.53. The zero-order valence-electron chi connectivity index (χ0n) is 14.2. The predicted molar refractivity (Wildman–Crippen MR) is 103 cm³/mol. The maximum atomic E-state index is 12.4. The largest absolute Gasteiger partial charge is 0.293 e. The van der Waals surface area contributed by atoms with E-state index in [1.54, 1.807) is 10.9 Å². The maximum Gasteiger partial charge on any atom is 0.173 e. The zero-order chi connectivity index (χ0) is 17.9. The summed E-state index contributed by atoms with van der Waals surface area (Å²) in [6.45, 7) is 2.00. The summed E-state index contributed by atoms with van der Waals surface area (Å²) in [6.07, 6.45) is 3.27. The summed E-state index contributed by atoms with van der Waals surface area (Å²) in [5.74, 6) is 0.406. The van der Waals surface area contributed by atoms with Crippen LogP contribution in [0.4, 0.5) is 0 Å². The number of Topliss-reactive ketones (excluding diaryl/α,β-unsaturated/α-hetero) is 1. The molecule has 2 aromatic carbocycles. The maximum absolute atomic E-state index is 12.4. The van der Waals surface area contributed by atoms with E-state index in [0.717, 1.165) is 27.3 Å². The van der Waals surface area contributed by atoms with E-state index in [1.165, 1.54) is 18.1 Å². The van der Waals surface area contributed by atoms with Crippen molar-refractivity contribution in [2.75, 3.05) is 5.75 Å². The minimum absolute atomic E-state index is 0.0808. The number of aryl methyl sites for hydroxylation is 1. The number of nitrogens with zero attached hydrogens (tertiary/aromatic N) is 4. The van der Waals surface area contributed by atoms with Crippen molar-refractivity contribution in [3.05, 3.63) is 78.2 Å². The molecule has 5 nitrogen and oxygen atoms in total. The predicted octanol–water partition coefficient (Wildman–Crippen LogP) is 4.10. The van der Waals surface area contributed by atoms with Crippen molar-refractivity contribution in [2.45, 2.75) is 11.9 Å². The Morgan fingerprint density at radius 1 is 1.04 bits per heavy atom. The van der Waals surface area contributed by atoms with Crippen LogP contribution in [0.3, 0.4) is 0 Å². The minimum atomic E-state index is 0.0808. The van der Waals surface area contributed by atoms with Gasteiger partial charge in [0, 0.05) is 5.56 Å². The van der Waals surface area contributed by atoms with Crippen LogP contribution < -0.4 is 0 Å². The van der Waals surface area contributed by atoms with Gasteiger partial charge in [0.2, 0.25) is 0 Å². The van der Waals surface area contributed by atoms with Gasteiger partial charge in [-0.1, -0.05) is 59.8 Å². The molecule has 0 N–H and O–H groups in total. The van der Waals surface area contributed by atoms with Gasteiger partial charge in [0.15, 0.2) is 11.4 Å². The van der Waals surface area contributed by atoms with Crippen LogP contribution >= 0.6 is 11.8 Å². The number of hydrogen-bond donors (Lipinski definition) is 0. The first-order valence-electron chi connectivity index (χ1n) is 8.19. The SMILES string of the molecule is Cc1ccc(C(=O)CSc2ncnc3c2cnn3-c2ccccc2)cc1. The zero-order valence-corrected chi connectivity index (χ0v) is 15.0. The van der Waals surface area contributed by atoms with E-state index in [-0.39, 0.29) is 5.78 Å². The fraction of sp³-hybridized carbons (Fsp3) is 0.100. The average Bonchev–Trinajstić information content (AvgIpc) is 3.12. The first-order valence-corrected chi connectivity index (χ1v) is 9.18. The van der Waals surface area contributed by atoms with Crippen LogP contribution in [0.25, 0.3) is 16.7 Å². The van der Waals surface area contributed by atoms with Crippen molar-refractivity contribution in [3.63, 3.8) is 0 Å². The average molecular weight is 360 g/mol. The van der Waals surface area contributed by atoms with Gasteiger partial charge in [-0.3, -0.25) is 4.79 Å². The van der Waals surface area contributed by atoms with Gasteiger partial charge in [-0.2, -0.15) is 5.10 Å². The summed E-state index contributed by atoms with van der Waals surface area (Å²) in [4.78, 5) is 21.1. The fourth-order valence-electron chi connectivity index (χ4n) is 2.65. The molecule has 128 valence electrons. The molecule has 4 aromatic rings. The minimum Gasteiger partial charge on any atom is -0.293 e. The molecular formula is C20H16N4OS. The molecule has 4 rings (SSSR count). The highest BCUT2D eigenvalue weighted by Crippen LogP contribution is 2.26. The van der Waals surface area contributed by atoms with E-state index < -0.39 is 0 Å². The highest BCUT2D eigenvalue weighted by molar-refractivity contribution is 8.00. The van der Waals surface area contributed by atoms with Crippen LogP contribution in [0.15, 0.2) is 72.1 Å². The molecule has 0 spiro atoms. The monoisotopic (exact) mass is 360 g/mol. The number of hydrogen-bond acceptors (Lipinski definition) is 5. The molecule has 0 fully saturated rings. The first-order chi connectivity index (χ1) is 12.7. The van der Waals surface area contributed by atoms with Gasteiger partial charge in [0.25, 0.3) is 0 Å². The van der Waals surface area contributed by atoms with E-state index in [0.29, 0.717) is 11.3 Å². The van der Waals surface area contributed by atoms with Crippen LogP contribution in [0.1, 0.15) is 15.9 Å². The number of ketones is 1. The number of thioether (sulfide) groups is 1. The van der Waals surface area contributed by atoms with E-state index in [9.17, 15) is 4.79 Å². The van der Waals surface area contributed by atoms with Crippen molar-refractivity contribution in [3.8, 4) is 5.69 Å². The Bertz CT molecular complexity index is 1060. The van der Waals surface area contributed by atoms with Gasteiger partial charge < -0.3 is 0 Å². The van der Waals surface area contributed by atoms with E-state index in [4.69, 9.17) is 0 Å². The lowest BCUT2D eigenvalue weighted by molar-refractivity contribution is 0.102. The van der Waals surface area contributed by atoms with Crippen molar-refractivity contribution < 1.29 is 4.79 Å². The topological polar surface area (TPSA) is 60.7 Å². The molecule has 2 heterocycles. The molecule has 0 saturated heterocycles. The molecule has 0 bridgehead atoms.